The van der Waals surface area contributed by atoms with Crippen LogP contribution in [-0.4, -0.2) is 47.4 Å². The highest BCUT2D eigenvalue weighted by molar-refractivity contribution is 5.76. The van der Waals surface area contributed by atoms with Crippen LogP contribution in [0.15, 0.2) is 48.6 Å². The molecule has 0 rings (SSSR count). The van der Waals surface area contributed by atoms with Gasteiger partial charge in [-0.25, -0.2) is 0 Å². The third-order valence-electron chi connectivity index (χ3n) is 16.6. The van der Waals surface area contributed by atoms with Crippen molar-refractivity contribution < 1.29 is 24.5 Å². The maximum atomic E-state index is 12.5. The highest BCUT2D eigenvalue weighted by Crippen LogP contribution is 2.18. The molecule has 0 spiro atoms. The Morgan fingerprint density at radius 1 is 0.350 bits per heavy atom. The number of allylic oxidation sites excluding steroid dienone is 8. The topological polar surface area (TPSA) is 95.9 Å². The summed E-state index contributed by atoms with van der Waals surface area (Å²) in [6.07, 6.45) is 90.1. The summed E-state index contributed by atoms with van der Waals surface area (Å²) >= 11 is 0. The molecule has 0 bridgehead atoms. The zero-order valence-electron chi connectivity index (χ0n) is 53.8. The normalized spacial score (nSPS) is 12.8. The number of nitrogens with one attached hydrogen (secondary N) is 1. The van der Waals surface area contributed by atoms with Crippen LogP contribution in [0.1, 0.15) is 386 Å². The Hall–Kier alpha value is -2.18. The van der Waals surface area contributed by atoms with Gasteiger partial charge in [-0.15, -0.1) is 0 Å². The minimum absolute atomic E-state index is 0.00315. The van der Waals surface area contributed by atoms with Crippen molar-refractivity contribution in [2.45, 2.75) is 398 Å². The predicted molar refractivity (Wildman–Crippen MR) is 352 cm³/mol. The second-order valence-corrected chi connectivity index (χ2v) is 24.6. The van der Waals surface area contributed by atoms with Gasteiger partial charge in [0.2, 0.25) is 5.91 Å². The monoisotopic (exact) mass is 1120 g/mol. The molecule has 0 radical (unpaired) electrons. The predicted octanol–water partition coefficient (Wildman–Crippen LogP) is 23.3. The molecular formula is C74H139NO5. The number of aliphatic hydroxyl groups excluding tert-OH is 2. The molecule has 2 atom stereocenters. The zero-order chi connectivity index (χ0) is 57.8. The van der Waals surface area contributed by atoms with Crippen LogP contribution in [0.25, 0.3) is 0 Å². The van der Waals surface area contributed by atoms with Gasteiger partial charge in [0, 0.05) is 12.8 Å². The number of esters is 1. The van der Waals surface area contributed by atoms with Crippen LogP contribution in [0.3, 0.4) is 0 Å². The minimum Gasteiger partial charge on any atom is -0.466 e. The van der Waals surface area contributed by atoms with E-state index in [0.717, 1.165) is 57.8 Å². The number of hydrogen-bond acceptors (Lipinski definition) is 5. The third-order valence-corrected chi connectivity index (χ3v) is 16.6. The van der Waals surface area contributed by atoms with Crippen LogP contribution >= 0.6 is 0 Å². The van der Waals surface area contributed by atoms with E-state index in [2.05, 4.69) is 67.8 Å². The number of rotatable bonds is 67. The van der Waals surface area contributed by atoms with Crippen molar-refractivity contribution >= 4 is 11.9 Å². The van der Waals surface area contributed by atoms with E-state index in [0.29, 0.717) is 25.9 Å². The van der Waals surface area contributed by atoms with Crippen LogP contribution < -0.4 is 5.32 Å². The lowest BCUT2D eigenvalue weighted by Gasteiger charge is -2.22. The van der Waals surface area contributed by atoms with Gasteiger partial charge in [0.25, 0.3) is 0 Å². The van der Waals surface area contributed by atoms with Gasteiger partial charge < -0.3 is 20.3 Å². The second-order valence-electron chi connectivity index (χ2n) is 24.6. The Balaban J connectivity index is 3.42. The summed E-state index contributed by atoms with van der Waals surface area (Å²) in [5.74, 6) is -0.0319. The van der Waals surface area contributed by atoms with Crippen molar-refractivity contribution in [2.75, 3.05) is 13.2 Å². The van der Waals surface area contributed by atoms with E-state index >= 15 is 0 Å². The molecule has 0 fully saturated rings. The van der Waals surface area contributed by atoms with E-state index in [1.165, 1.54) is 295 Å². The van der Waals surface area contributed by atoms with Crippen LogP contribution in [0.4, 0.5) is 0 Å². The maximum absolute atomic E-state index is 12.5. The first-order chi connectivity index (χ1) is 39.5. The summed E-state index contributed by atoms with van der Waals surface area (Å²) in [6, 6.07) is -0.545. The molecule has 0 aliphatic heterocycles. The van der Waals surface area contributed by atoms with Crippen molar-refractivity contribution in [3.63, 3.8) is 0 Å². The molecule has 0 aromatic carbocycles. The van der Waals surface area contributed by atoms with Crippen LogP contribution in [-0.2, 0) is 14.3 Å². The van der Waals surface area contributed by atoms with Crippen molar-refractivity contribution in [1.29, 1.82) is 0 Å². The van der Waals surface area contributed by atoms with E-state index in [1.54, 1.807) is 0 Å². The number of ether oxygens (including phenoxy) is 1. The number of aliphatic hydroxyl groups is 2. The maximum Gasteiger partial charge on any atom is 0.305 e. The number of amides is 1. The molecule has 0 saturated carbocycles. The van der Waals surface area contributed by atoms with Crippen LogP contribution in [0.5, 0.6) is 0 Å². The van der Waals surface area contributed by atoms with Crippen molar-refractivity contribution in [2.24, 2.45) is 0 Å². The number of carbonyl (C=O) groups is 2. The molecule has 6 heteroatoms. The van der Waals surface area contributed by atoms with Gasteiger partial charge in [-0.2, -0.15) is 0 Å². The Morgan fingerprint density at radius 2 is 0.625 bits per heavy atom. The van der Waals surface area contributed by atoms with Gasteiger partial charge >= 0.3 is 5.97 Å². The molecular weight excluding hydrogens is 983 g/mol. The summed E-state index contributed by atoms with van der Waals surface area (Å²) in [7, 11) is 0. The quantitative estimate of drug-likeness (QED) is 0.0320. The van der Waals surface area contributed by atoms with E-state index < -0.39 is 12.1 Å². The summed E-state index contributed by atoms with van der Waals surface area (Å²) in [5, 5.41) is 23.4. The highest BCUT2D eigenvalue weighted by atomic mass is 16.5. The summed E-state index contributed by atoms with van der Waals surface area (Å²) in [5.41, 5.74) is 0. The van der Waals surface area contributed by atoms with Gasteiger partial charge in [0.1, 0.15) is 0 Å². The molecule has 3 N–H and O–H groups in total. The lowest BCUT2D eigenvalue weighted by molar-refractivity contribution is -0.143. The van der Waals surface area contributed by atoms with E-state index in [9.17, 15) is 19.8 Å². The fourth-order valence-electron chi connectivity index (χ4n) is 11.1. The third kappa shape index (κ3) is 65.0. The number of hydrogen-bond donors (Lipinski definition) is 3. The lowest BCUT2D eigenvalue weighted by Crippen LogP contribution is -2.45. The minimum atomic E-state index is -0.668. The first-order valence-electron chi connectivity index (χ1n) is 35.9. The largest absolute Gasteiger partial charge is 0.466 e. The number of unbranched alkanes of at least 4 members (excludes halogenated alkanes) is 48. The summed E-state index contributed by atoms with van der Waals surface area (Å²) in [6.45, 7) is 4.95. The van der Waals surface area contributed by atoms with E-state index in [-0.39, 0.29) is 18.5 Å². The fraction of sp³-hybridized carbons (Fsp3) is 0.865. The highest BCUT2D eigenvalue weighted by Gasteiger charge is 2.20. The fourth-order valence-corrected chi connectivity index (χ4v) is 11.1. The van der Waals surface area contributed by atoms with Gasteiger partial charge in [0.05, 0.1) is 25.4 Å². The average molecular weight is 1120 g/mol. The van der Waals surface area contributed by atoms with Gasteiger partial charge in [0.15, 0.2) is 0 Å². The molecule has 0 aliphatic carbocycles. The summed E-state index contributed by atoms with van der Waals surface area (Å²) < 4.78 is 5.49. The lowest BCUT2D eigenvalue weighted by atomic mass is 10.0. The first kappa shape index (κ1) is 77.8. The first-order valence-corrected chi connectivity index (χ1v) is 35.9. The van der Waals surface area contributed by atoms with Gasteiger partial charge in [-0.05, 0) is 89.9 Å². The smallest absolute Gasteiger partial charge is 0.305 e. The second kappa shape index (κ2) is 69.3. The van der Waals surface area contributed by atoms with Crippen LogP contribution in [0, 0.1) is 0 Å². The Kier molecular flexibility index (Phi) is 67.4. The molecule has 0 aliphatic rings. The molecule has 6 nitrogen and oxygen atoms in total. The number of carbonyl (C=O) groups excluding carboxylic acids is 2. The average Bonchev–Trinajstić information content (AvgIpc) is 3.46. The molecule has 80 heavy (non-hydrogen) atoms. The van der Waals surface area contributed by atoms with Gasteiger partial charge in [-0.1, -0.05) is 332 Å². The van der Waals surface area contributed by atoms with Crippen molar-refractivity contribution in [3.8, 4) is 0 Å². The van der Waals surface area contributed by atoms with Crippen molar-refractivity contribution in [1.82, 2.24) is 5.32 Å². The van der Waals surface area contributed by atoms with Crippen molar-refractivity contribution in [3.05, 3.63) is 48.6 Å². The molecule has 1 amide bonds. The Bertz CT molecular complexity index is 1340. The van der Waals surface area contributed by atoms with Crippen LogP contribution in [0.2, 0.25) is 0 Å². The zero-order valence-corrected chi connectivity index (χ0v) is 53.8. The molecule has 0 aromatic heterocycles. The molecule has 2 unspecified atom stereocenters. The Morgan fingerprint density at radius 3 is 0.975 bits per heavy atom. The van der Waals surface area contributed by atoms with Gasteiger partial charge in [-0.3, -0.25) is 9.59 Å². The molecule has 0 aromatic rings. The molecule has 0 heterocycles. The molecule has 470 valence electrons. The Labute approximate surface area is 499 Å². The SMILES string of the molecule is CCCCC/C=C\C/C=C\CCCCCCCCCC(=O)OCCCCCCCCCCC/C=C\C/C=C\CCCCCCCCCCCCCC(=O)NC(CO)C(O)CCCCCCCCCCCCCCCCCCCCC. The van der Waals surface area contributed by atoms with E-state index in [1.807, 2.05) is 0 Å². The van der Waals surface area contributed by atoms with E-state index in [4.69, 9.17) is 4.74 Å². The molecule has 0 saturated heterocycles. The standard InChI is InChI=1S/C74H139NO5/c1-3-5-7-9-11-13-15-17-19-21-31-35-38-42-46-50-54-58-62-66-72(77)71(70-76)75-73(78)67-63-59-55-51-47-43-39-36-32-29-27-25-23-22-24-26-28-30-33-37-41-45-49-53-57-61-65-69-80-74(79)68-64-60-56-52-48-44-40-34-20-18-16-14-12-10-8-6-4-2/h12,14,18,20,22-23,26,28,71-72,76-77H,3-11,13,15-17,19,21,24-25,27,29-70H2,1-2H3,(H,75,78)/b14-12-,20-18-,23-22-,28-26-. The summed E-state index contributed by atoms with van der Waals surface area (Å²) in [4.78, 5) is 24.6.